The van der Waals surface area contributed by atoms with Crippen LogP contribution in [0.3, 0.4) is 0 Å². The minimum atomic E-state index is 0.167. The van der Waals surface area contributed by atoms with Gasteiger partial charge in [-0.25, -0.2) is 4.98 Å². The zero-order valence-corrected chi connectivity index (χ0v) is 17.8. The van der Waals surface area contributed by atoms with Gasteiger partial charge in [-0.2, -0.15) is 0 Å². The number of rotatable bonds is 7. The second-order valence-corrected chi connectivity index (χ2v) is 8.85. The average molecular weight is 410 g/mol. The number of fused-ring (bicyclic) bond motifs is 1. The van der Waals surface area contributed by atoms with E-state index in [1.165, 1.54) is 12.8 Å². The van der Waals surface area contributed by atoms with Crippen LogP contribution in [0.25, 0.3) is 10.9 Å². The molecule has 6 nitrogen and oxygen atoms in total. The van der Waals surface area contributed by atoms with Crippen LogP contribution in [-0.2, 0) is 16.1 Å². The van der Waals surface area contributed by atoms with Gasteiger partial charge in [0.25, 0.3) is 0 Å². The molecule has 0 bridgehead atoms. The largest absolute Gasteiger partial charge is 0.497 e. The Morgan fingerprint density at radius 3 is 2.73 bits per heavy atom. The number of nitrogens with zero attached hydrogens (tertiary/aromatic N) is 3. The van der Waals surface area contributed by atoms with Crippen LogP contribution in [0.4, 0.5) is 5.82 Å². The number of pyridine rings is 1. The van der Waals surface area contributed by atoms with Crippen LogP contribution in [0.15, 0.2) is 24.3 Å². The molecule has 1 saturated carbocycles. The van der Waals surface area contributed by atoms with Crippen molar-refractivity contribution < 1.29 is 14.3 Å². The van der Waals surface area contributed by atoms with E-state index in [1.807, 2.05) is 17.0 Å². The van der Waals surface area contributed by atoms with E-state index < -0.39 is 0 Å². The van der Waals surface area contributed by atoms with Crippen molar-refractivity contribution in [3.8, 4) is 5.75 Å². The molecule has 1 aromatic carbocycles. The van der Waals surface area contributed by atoms with Gasteiger partial charge < -0.3 is 19.3 Å². The monoisotopic (exact) mass is 409 g/mol. The molecule has 30 heavy (non-hydrogen) atoms. The molecule has 5 rings (SSSR count). The molecule has 3 heterocycles. The molecular formula is C24H31N3O3. The first-order valence-corrected chi connectivity index (χ1v) is 11.3. The van der Waals surface area contributed by atoms with Crippen LogP contribution in [0, 0.1) is 5.92 Å². The van der Waals surface area contributed by atoms with Gasteiger partial charge in [-0.3, -0.25) is 4.79 Å². The minimum absolute atomic E-state index is 0.167. The summed E-state index contributed by atoms with van der Waals surface area (Å²) in [4.78, 5) is 22.6. The third-order valence-corrected chi connectivity index (χ3v) is 6.53. The van der Waals surface area contributed by atoms with Crippen LogP contribution in [0.2, 0.25) is 0 Å². The fourth-order valence-electron chi connectivity index (χ4n) is 4.69. The van der Waals surface area contributed by atoms with Gasteiger partial charge in [0.05, 0.1) is 18.7 Å². The molecule has 3 aliphatic rings. The Bertz CT molecular complexity index is 915. The molecule has 0 N–H and O–H groups in total. The summed E-state index contributed by atoms with van der Waals surface area (Å²) in [6.07, 6.45) is 6.74. The van der Waals surface area contributed by atoms with Crippen LogP contribution >= 0.6 is 0 Å². The van der Waals surface area contributed by atoms with Crippen molar-refractivity contribution in [1.29, 1.82) is 0 Å². The summed E-state index contributed by atoms with van der Waals surface area (Å²) in [6.45, 7) is 4.16. The van der Waals surface area contributed by atoms with E-state index in [1.54, 1.807) is 7.11 Å². The third kappa shape index (κ3) is 4.10. The lowest BCUT2D eigenvalue weighted by atomic mass is 10.1. The Morgan fingerprint density at radius 2 is 2.03 bits per heavy atom. The number of ether oxygens (including phenoxy) is 2. The van der Waals surface area contributed by atoms with E-state index in [-0.39, 0.29) is 17.9 Å². The van der Waals surface area contributed by atoms with Gasteiger partial charge in [-0.15, -0.1) is 0 Å². The predicted octanol–water partition coefficient (Wildman–Crippen LogP) is 3.76. The van der Waals surface area contributed by atoms with Gasteiger partial charge in [0.2, 0.25) is 5.91 Å². The van der Waals surface area contributed by atoms with E-state index in [0.717, 1.165) is 73.4 Å². The number of anilines is 1. The second-order valence-electron chi connectivity index (χ2n) is 8.85. The highest BCUT2D eigenvalue weighted by Crippen LogP contribution is 2.34. The maximum absolute atomic E-state index is 13.1. The fraction of sp³-hybridized carbons (Fsp3) is 0.583. The Balaban J connectivity index is 1.49. The molecule has 2 saturated heterocycles. The summed E-state index contributed by atoms with van der Waals surface area (Å²) >= 11 is 0. The highest BCUT2D eigenvalue weighted by atomic mass is 16.5. The zero-order chi connectivity index (χ0) is 20.5. The first-order chi connectivity index (χ1) is 14.7. The lowest BCUT2D eigenvalue weighted by molar-refractivity contribution is -0.134. The van der Waals surface area contributed by atoms with Crippen LogP contribution < -0.4 is 9.64 Å². The van der Waals surface area contributed by atoms with Gasteiger partial charge in [-0.05, 0) is 56.7 Å². The summed E-state index contributed by atoms with van der Waals surface area (Å²) in [5.74, 6) is 2.33. The Hall–Kier alpha value is -2.34. The van der Waals surface area contributed by atoms with Crippen LogP contribution in [0.1, 0.15) is 44.1 Å². The molecule has 0 spiro atoms. The third-order valence-electron chi connectivity index (χ3n) is 6.53. The smallest absolute Gasteiger partial charge is 0.226 e. The first kappa shape index (κ1) is 19.6. The summed E-state index contributed by atoms with van der Waals surface area (Å²) in [5.41, 5.74) is 2.08. The molecule has 1 aliphatic carbocycles. The topological polar surface area (TPSA) is 54.9 Å². The molecule has 1 atom stereocenters. The second kappa shape index (κ2) is 8.42. The van der Waals surface area contributed by atoms with Crippen molar-refractivity contribution in [3.05, 3.63) is 29.8 Å². The molecule has 2 aliphatic heterocycles. The molecule has 2 aromatic rings. The molecule has 1 amide bonds. The number of aromatic nitrogens is 1. The van der Waals surface area contributed by atoms with Crippen molar-refractivity contribution in [2.24, 2.45) is 5.92 Å². The lowest BCUT2D eigenvalue weighted by Gasteiger charge is -2.28. The van der Waals surface area contributed by atoms with Gasteiger partial charge in [-0.1, -0.05) is 0 Å². The number of carbonyl (C=O) groups is 1. The lowest BCUT2D eigenvalue weighted by Crippen LogP contribution is -2.38. The molecule has 6 heteroatoms. The molecule has 0 unspecified atom stereocenters. The fourth-order valence-corrected chi connectivity index (χ4v) is 4.69. The van der Waals surface area contributed by atoms with Gasteiger partial charge in [0, 0.05) is 55.7 Å². The average Bonchev–Trinajstić information content (AvgIpc) is 3.23. The van der Waals surface area contributed by atoms with Crippen molar-refractivity contribution >= 4 is 22.6 Å². The molecule has 160 valence electrons. The summed E-state index contributed by atoms with van der Waals surface area (Å²) in [7, 11) is 1.68. The molecule has 0 radical (unpaired) electrons. The Morgan fingerprint density at radius 1 is 1.20 bits per heavy atom. The number of hydrogen-bond donors (Lipinski definition) is 0. The van der Waals surface area contributed by atoms with E-state index in [2.05, 4.69) is 17.0 Å². The van der Waals surface area contributed by atoms with Gasteiger partial charge in [0.1, 0.15) is 11.6 Å². The Kier molecular flexibility index (Phi) is 5.50. The van der Waals surface area contributed by atoms with Gasteiger partial charge >= 0.3 is 0 Å². The summed E-state index contributed by atoms with van der Waals surface area (Å²) in [6, 6.07) is 8.25. The first-order valence-electron chi connectivity index (χ1n) is 11.3. The van der Waals surface area contributed by atoms with E-state index in [4.69, 9.17) is 14.5 Å². The van der Waals surface area contributed by atoms with Crippen LogP contribution in [-0.4, -0.2) is 55.2 Å². The Labute approximate surface area is 178 Å². The van der Waals surface area contributed by atoms with Gasteiger partial charge in [0.15, 0.2) is 0 Å². The summed E-state index contributed by atoms with van der Waals surface area (Å²) < 4.78 is 11.3. The quantitative estimate of drug-likeness (QED) is 0.697. The normalized spacial score (nSPS) is 21.4. The van der Waals surface area contributed by atoms with Crippen molar-refractivity contribution in [1.82, 2.24) is 9.88 Å². The van der Waals surface area contributed by atoms with Crippen molar-refractivity contribution in [2.75, 3.05) is 38.3 Å². The molecule has 3 fully saturated rings. The SMILES string of the molecule is COc1ccc2cc(CN(C[C@@H]3CCCO3)C(=O)C3CC3)c(N3CCCC3)nc2c1. The number of benzene rings is 1. The maximum atomic E-state index is 13.1. The standard InChI is InChI=1S/C24H31N3O3/c1-29-20-9-8-18-13-19(23(25-22(18)14-20)26-10-2-3-11-26)15-27(24(28)17-6-7-17)16-21-5-4-12-30-21/h8-9,13-14,17,21H,2-7,10-12,15-16H2,1H3/t21-/m0/s1. The van der Waals surface area contributed by atoms with Crippen LogP contribution in [0.5, 0.6) is 5.75 Å². The molecular weight excluding hydrogens is 378 g/mol. The number of amides is 1. The zero-order valence-electron chi connectivity index (χ0n) is 17.8. The number of carbonyl (C=O) groups excluding carboxylic acids is 1. The molecule has 1 aromatic heterocycles. The summed E-state index contributed by atoms with van der Waals surface area (Å²) in [5, 5.41) is 1.09. The van der Waals surface area contributed by atoms with E-state index in [0.29, 0.717) is 13.1 Å². The van der Waals surface area contributed by atoms with E-state index >= 15 is 0 Å². The maximum Gasteiger partial charge on any atom is 0.226 e. The number of hydrogen-bond acceptors (Lipinski definition) is 5. The van der Waals surface area contributed by atoms with Crippen molar-refractivity contribution in [3.63, 3.8) is 0 Å². The predicted molar refractivity (Wildman–Crippen MR) is 117 cm³/mol. The minimum Gasteiger partial charge on any atom is -0.497 e. The van der Waals surface area contributed by atoms with Crippen molar-refractivity contribution in [2.45, 2.75) is 51.2 Å². The number of methoxy groups -OCH3 is 1. The highest BCUT2D eigenvalue weighted by Gasteiger charge is 2.35. The highest BCUT2D eigenvalue weighted by molar-refractivity contribution is 5.84. The van der Waals surface area contributed by atoms with E-state index in [9.17, 15) is 4.79 Å².